The fourth-order valence-electron chi connectivity index (χ4n) is 7.23. The minimum Gasteiger partial charge on any atom is -0.465 e. The second-order valence-electron chi connectivity index (χ2n) is 11.8. The van der Waals surface area contributed by atoms with Gasteiger partial charge in [-0.25, -0.2) is 4.68 Å². The Hall–Kier alpha value is -3.57. The van der Waals surface area contributed by atoms with Crippen LogP contribution in [0.15, 0.2) is 49.6 Å². The first-order valence-corrected chi connectivity index (χ1v) is 14.8. The smallest absolute Gasteiger partial charge is 0.312 e. The zero-order chi connectivity index (χ0) is 30.1. The van der Waals surface area contributed by atoms with Gasteiger partial charge in [-0.3, -0.25) is 14.4 Å². The lowest BCUT2D eigenvalue weighted by Gasteiger charge is -2.37. The van der Waals surface area contributed by atoms with E-state index < -0.39 is 35.0 Å². The normalized spacial score (nSPS) is 29.6. The molecule has 11 nitrogen and oxygen atoms in total. The van der Waals surface area contributed by atoms with E-state index in [1.54, 1.807) is 26.6 Å². The number of carbonyl (C=O) groups excluding carboxylic acids is 3. The minimum atomic E-state index is -1.18. The van der Waals surface area contributed by atoms with E-state index in [4.69, 9.17) is 9.47 Å². The maximum absolute atomic E-state index is 14.6. The highest BCUT2D eigenvalue weighted by molar-refractivity contribution is 5.98. The number of rotatable bonds is 14. The van der Waals surface area contributed by atoms with Crippen LogP contribution in [0, 0.1) is 17.8 Å². The van der Waals surface area contributed by atoms with Crippen molar-refractivity contribution in [3.63, 3.8) is 0 Å². The van der Waals surface area contributed by atoms with Gasteiger partial charge in [0.2, 0.25) is 11.8 Å². The molecule has 226 valence electrons. The molecule has 1 N–H and O–H groups in total. The summed E-state index contributed by atoms with van der Waals surface area (Å²) in [5.41, 5.74) is -0.651. The molecule has 5 rings (SSSR count). The Labute approximate surface area is 246 Å². The summed E-state index contributed by atoms with van der Waals surface area (Å²) in [5, 5.41) is 17.9. The van der Waals surface area contributed by atoms with Crippen molar-refractivity contribution in [2.45, 2.75) is 69.9 Å². The summed E-state index contributed by atoms with van der Waals surface area (Å²) in [5.74, 6) is -2.81. The van der Waals surface area contributed by atoms with Gasteiger partial charge in [0.1, 0.15) is 29.7 Å². The number of fused-ring (bicyclic) bond motifs is 2. The first-order chi connectivity index (χ1) is 20.2. The van der Waals surface area contributed by atoms with Crippen molar-refractivity contribution in [1.82, 2.24) is 24.8 Å². The molecular formula is C31H41N5O6. The second-order valence-corrected chi connectivity index (χ2v) is 11.8. The number of carbonyl (C=O) groups is 3. The Bertz CT molecular complexity index is 1360. The van der Waals surface area contributed by atoms with Gasteiger partial charge >= 0.3 is 5.97 Å². The fourth-order valence-corrected chi connectivity index (χ4v) is 7.23. The molecule has 42 heavy (non-hydrogen) atoms. The van der Waals surface area contributed by atoms with Gasteiger partial charge < -0.3 is 24.4 Å². The van der Waals surface area contributed by atoms with Crippen LogP contribution >= 0.6 is 0 Å². The Balaban J connectivity index is 1.51. The number of likely N-dealkylation sites (tertiary alicyclic amines) is 1. The summed E-state index contributed by atoms with van der Waals surface area (Å²) in [6.07, 6.45) is 6.21. The highest BCUT2D eigenvalue weighted by Gasteiger charge is 2.80. The van der Waals surface area contributed by atoms with Crippen LogP contribution in [0.2, 0.25) is 0 Å². The number of amides is 2. The molecule has 3 unspecified atom stereocenters. The fraction of sp³-hybridized carbons (Fsp3) is 0.581. The van der Waals surface area contributed by atoms with E-state index in [2.05, 4.69) is 23.5 Å². The SMILES string of the molecule is C=CCCCOC(=O)[C@@H]1[C@H]2C(=O)N(CCCCO)C(C(=O)N(CC=C)Cn3nnc4ccccc43)C23CC(C)[C@@]1(C)O3. The lowest BCUT2D eigenvalue weighted by molar-refractivity contribution is -0.162. The second kappa shape index (κ2) is 12.0. The Morgan fingerprint density at radius 1 is 1.24 bits per heavy atom. The molecule has 6 atom stereocenters. The Morgan fingerprint density at radius 3 is 2.76 bits per heavy atom. The molecule has 3 fully saturated rings. The van der Waals surface area contributed by atoms with Crippen LogP contribution in [0.3, 0.4) is 0 Å². The summed E-state index contributed by atoms with van der Waals surface area (Å²) in [7, 11) is 0. The number of hydrogen-bond donors (Lipinski definition) is 1. The highest BCUT2D eigenvalue weighted by atomic mass is 16.6. The maximum Gasteiger partial charge on any atom is 0.312 e. The standard InChI is InChI=1S/C31H41N5O6/c1-5-7-12-18-41-29(40)25-24-27(38)35(16-10-11-17-37)26(31(24)19-21(3)30(25,4)42-31)28(39)34(15-6-2)20-36-23-14-9-8-13-22(23)32-33-36/h5-6,8-9,13-14,21,24-26,37H,1-2,7,10-12,15-20H2,3-4H3/t21?,24-,25-,26?,30+,31?/m0/s1. The van der Waals surface area contributed by atoms with Crippen molar-refractivity contribution in [1.29, 1.82) is 0 Å². The molecule has 3 aliphatic rings. The molecule has 2 bridgehead atoms. The van der Waals surface area contributed by atoms with E-state index in [1.807, 2.05) is 38.1 Å². The third kappa shape index (κ3) is 4.82. The predicted octanol–water partition coefficient (Wildman–Crippen LogP) is 2.70. The van der Waals surface area contributed by atoms with E-state index in [0.717, 1.165) is 5.52 Å². The number of esters is 1. The molecule has 1 spiro atoms. The molecule has 2 amide bonds. The molecule has 2 aromatic rings. The van der Waals surface area contributed by atoms with Crippen LogP contribution in [0.5, 0.6) is 0 Å². The van der Waals surface area contributed by atoms with Crippen molar-refractivity contribution in [2.24, 2.45) is 17.8 Å². The quantitative estimate of drug-likeness (QED) is 0.206. The number of benzene rings is 1. The number of hydrogen-bond acceptors (Lipinski definition) is 8. The summed E-state index contributed by atoms with van der Waals surface area (Å²) >= 11 is 0. The number of aromatic nitrogens is 3. The van der Waals surface area contributed by atoms with Crippen LogP contribution in [-0.2, 0) is 30.5 Å². The van der Waals surface area contributed by atoms with Crippen molar-refractivity contribution in [3.05, 3.63) is 49.6 Å². The molecule has 4 heterocycles. The summed E-state index contributed by atoms with van der Waals surface area (Å²) in [6, 6.07) is 6.54. The lowest BCUT2D eigenvalue weighted by Crippen LogP contribution is -2.56. The third-order valence-electron chi connectivity index (χ3n) is 9.29. The molecule has 0 radical (unpaired) electrons. The number of aliphatic hydroxyl groups excluding tert-OH is 1. The largest absolute Gasteiger partial charge is 0.465 e. The summed E-state index contributed by atoms with van der Waals surface area (Å²) in [6.45, 7) is 12.2. The number of unbranched alkanes of at least 4 members (excludes halogenated alkanes) is 2. The molecular weight excluding hydrogens is 538 g/mol. The Morgan fingerprint density at radius 2 is 2.02 bits per heavy atom. The van der Waals surface area contributed by atoms with Crippen LogP contribution < -0.4 is 0 Å². The predicted molar refractivity (Wildman–Crippen MR) is 155 cm³/mol. The van der Waals surface area contributed by atoms with Gasteiger partial charge in [0, 0.05) is 19.7 Å². The third-order valence-corrected chi connectivity index (χ3v) is 9.29. The summed E-state index contributed by atoms with van der Waals surface area (Å²) < 4.78 is 14.1. The molecule has 1 aromatic heterocycles. The number of aliphatic hydroxyl groups is 1. The van der Waals surface area contributed by atoms with E-state index in [0.29, 0.717) is 37.6 Å². The Kier molecular flexibility index (Phi) is 8.52. The van der Waals surface area contributed by atoms with Gasteiger partial charge in [0.15, 0.2) is 0 Å². The molecule has 3 saturated heterocycles. The van der Waals surface area contributed by atoms with E-state index in [9.17, 15) is 19.5 Å². The van der Waals surface area contributed by atoms with Crippen molar-refractivity contribution < 1.29 is 29.0 Å². The minimum absolute atomic E-state index is 0.0254. The van der Waals surface area contributed by atoms with Gasteiger partial charge in [0.05, 0.1) is 23.6 Å². The van der Waals surface area contributed by atoms with Gasteiger partial charge in [-0.05, 0) is 57.1 Å². The van der Waals surface area contributed by atoms with Crippen LogP contribution in [0.4, 0.5) is 0 Å². The topological polar surface area (TPSA) is 127 Å². The lowest BCUT2D eigenvalue weighted by atomic mass is 9.62. The van der Waals surface area contributed by atoms with Crippen LogP contribution in [-0.4, -0.2) is 91.2 Å². The molecule has 11 heteroatoms. The van der Waals surface area contributed by atoms with E-state index in [1.165, 1.54) is 0 Å². The maximum atomic E-state index is 14.6. The zero-order valence-electron chi connectivity index (χ0n) is 24.5. The average molecular weight is 580 g/mol. The summed E-state index contributed by atoms with van der Waals surface area (Å²) in [4.78, 5) is 45.6. The van der Waals surface area contributed by atoms with Crippen LogP contribution in [0.1, 0.15) is 46.0 Å². The molecule has 3 aliphatic heterocycles. The average Bonchev–Trinajstić information content (AvgIpc) is 3.64. The van der Waals surface area contributed by atoms with E-state index in [-0.39, 0.29) is 50.7 Å². The molecule has 0 aliphatic carbocycles. The first kappa shape index (κ1) is 29.9. The van der Waals surface area contributed by atoms with Gasteiger partial charge in [-0.15, -0.1) is 18.3 Å². The van der Waals surface area contributed by atoms with Crippen LogP contribution in [0.25, 0.3) is 11.0 Å². The van der Waals surface area contributed by atoms with Gasteiger partial charge in [-0.1, -0.05) is 36.4 Å². The molecule has 1 aromatic carbocycles. The number of para-hydroxylation sites is 1. The van der Waals surface area contributed by atoms with Crippen molar-refractivity contribution >= 4 is 28.8 Å². The van der Waals surface area contributed by atoms with Crippen molar-refractivity contribution in [3.8, 4) is 0 Å². The highest BCUT2D eigenvalue weighted by Crippen LogP contribution is 2.65. The molecule has 0 saturated carbocycles. The monoisotopic (exact) mass is 579 g/mol. The zero-order valence-corrected chi connectivity index (χ0v) is 24.5. The number of nitrogens with zero attached hydrogens (tertiary/aromatic N) is 5. The van der Waals surface area contributed by atoms with E-state index >= 15 is 0 Å². The van der Waals surface area contributed by atoms with Crippen molar-refractivity contribution in [2.75, 3.05) is 26.3 Å². The number of ether oxygens (including phenoxy) is 2. The van der Waals surface area contributed by atoms with Gasteiger partial charge in [0.25, 0.3) is 0 Å². The first-order valence-electron chi connectivity index (χ1n) is 14.8. The van der Waals surface area contributed by atoms with Gasteiger partial charge in [-0.2, -0.15) is 0 Å². The number of allylic oxidation sites excluding steroid dienone is 1.